The van der Waals surface area contributed by atoms with Gasteiger partial charge in [0.05, 0.1) is 32.0 Å². The first-order valence-corrected chi connectivity index (χ1v) is 14.6. The lowest BCUT2D eigenvalue weighted by Gasteiger charge is -2.25. The van der Waals surface area contributed by atoms with Gasteiger partial charge < -0.3 is 30.4 Å². The molecule has 3 rings (SSSR count). The van der Waals surface area contributed by atoms with Crippen LogP contribution < -0.4 is 16.5 Å². The molecule has 0 saturated heterocycles. The Labute approximate surface area is 265 Å². The van der Waals surface area contributed by atoms with Crippen LogP contribution in [0.3, 0.4) is 0 Å². The lowest BCUT2D eigenvalue weighted by atomic mass is 10.1. The SMILES string of the molecule is C[C@@H](OCc1ccccc1)[C@H](N)C(=O)NOCc1ccccc1.C[C@@H](OCc1ccccc1)[C@H](NC(=O)OC(C)(C)C)C(=O)O. The van der Waals surface area contributed by atoms with Crippen molar-refractivity contribution in [2.45, 2.75) is 84.3 Å². The van der Waals surface area contributed by atoms with Crippen LogP contribution in [-0.2, 0) is 48.5 Å². The number of hydrogen-bond donors (Lipinski definition) is 4. The highest BCUT2D eigenvalue weighted by molar-refractivity contribution is 5.81. The Balaban J connectivity index is 0.000000314. The van der Waals surface area contributed by atoms with Gasteiger partial charge in [0.15, 0.2) is 6.04 Å². The Hall–Kier alpha value is -4.29. The maximum Gasteiger partial charge on any atom is 0.408 e. The molecule has 3 aromatic rings. The molecule has 0 fully saturated rings. The number of rotatable bonds is 14. The van der Waals surface area contributed by atoms with E-state index in [1.807, 2.05) is 91.0 Å². The number of carbonyl (C=O) groups excluding carboxylic acids is 2. The molecule has 0 aliphatic rings. The molecule has 0 aliphatic heterocycles. The number of ether oxygens (including phenoxy) is 3. The normalized spacial score (nSPS) is 13.6. The zero-order valence-electron chi connectivity index (χ0n) is 26.5. The number of hydrogen-bond acceptors (Lipinski definition) is 8. The number of nitrogens with one attached hydrogen (secondary N) is 2. The van der Waals surface area contributed by atoms with Gasteiger partial charge in [0.25, 0.3) is 5.91 Å². The number of aliphatic carboxylic acids is 1. The molecule has 2 amide bonds. The van der Waals surface area contributed by atoms with Crippen molar-refractivity contribution in [2.24, 2.45) is 5.73 Å². The second-order valence-electron chi connectivity index (χ2n) is 11.2. The summed E-state index contributed by atoms with van der Waals surface area (Å²) < 4.78 is 16.2. The summed E-state index contributed by atoms with van der Waals surface area (Å²) in [5.41, 5.74) is 10.5. The quantitative estimate of drug-likeness (QED) is 0.186. The minimum absolute atomic E-state index is 0.266. The zero-order chi connectivity index (χ0) is 33.2. The Morgan fingerprint density at radius 2 is 1.16 bits per heavy atom. The summed E-state index contributed by atoms with van der Waals surface area (Å²) in [4.78, 5) is 40.1. The second kappa shape index (κ2) is 19.2. The molecule has 0 saturated carbocycles. The first-order valence-electron chi connectivity index (χ1n) is 14.6. The molecule has 0 radical (unpaired) electrons. The molecule has 4 atom stereocenters. The number of benzene rings is 3. The van der Waals surface area contributed by atoms with Crippen molar-refractivity contribution in [1.82, 2.24) is 10.8 Å². The number of hydroxylamine groups is 1. The number of alkyl carbamates (subject to hydrolysis) is 1. The minimum Gasteiger partial charge on any atom is -0.480 e. The maximum absolute atomic E-state index is 11.9. The molecule has 0 heterocycles. The monoisotopic (exact) mass is 623 g/mol. The number of carboxylic acids is 1. The fourth-order valence-corrected chi connectivity index (χ4v) is 3.66. The summed E-state index contributed by atoms with van der Waals surface area (Å²) in [7, 11) is 0. The number of amides is 2. The predicted octanol–water partition coefficient (Wildman–Crippen LogP) is 4.74. The third kappa shape index (κ3) is 15.3. The molecular weight excluding hydrogens is 578 g/mol. The van der Waals surface area contributed by atoms with E-state index in [4.69, 9.17) is 24.8 Å². The minimum atomic E-state index is -1.18. The molecule has 11 heteroatoms. The van der Waals surface area contributed by atoms with Gasteiger partial charge in [-0.3, -0.25) is 9.63 Å². The van der Waals surface area contributed by atoms with Gasteiger partial charge in [-0.05, 0) is 51.3 Å². The summed E-state index contributed by atoms with van der Waals surface area (Å²) in [6, 6.07) is 26.7. The third-order valence-corrected chi connectivity index (χ3v) is 6.18. The number of carboxylic acid groups (broad SMARTS) is 1. The Kier molecular flexibility index (Phi) is 15.7. The van der Waals surface area contributed by atoms with E-state index in [9.17, 15) is 19.5 Å². The average Bonchev–Trinajstić information content (AvgIpc) is 3.01. The van der Waals surface area contributed by atoms with E-state index in [1.54, 1.807) is 34.6 Å². The van der Waals surface area contributed by atoms with Crippen LogP contribution >= 0.6 is 0 Å². The van der Waals surface area contributed by atoms with E-state index in [0.717, 1.165) is 16.7 Å². The van der Waals surface area contributed by atoms with Crippen LogP contribution in [0.2, 0.25) is 0 Å². The van der Waals surface area contributed by atoms with E-state index in [-0.39, 0.29) is 6.61 Å². The summed E-state index contributed by atoms with van der Waals surface area (Å²) in [6.07, 6.45) is -1.91. The van der Waals surface area contributed by atoms with Crippen LogP contribution in [0.5, 0.6) is 0 Å². The highest BCUT2D eigenvalue weighted by Crippen LogP contribution is 2.10. The van der Waals surface area contributed by atoms with E-state index >= 15 is 0 Å². The van der Waals surface area contributed by atoms with Crippen LogP contribution in [-0.4, -0.2) is 53.0 Å². The van der Waals surface area contributed by atoms with Gasteiger partial charge in [-0.25, -0.2) is 15.1 Å². The molecule has 0 bridgehead atoms. The smallest absolute Gasteiger partial charge is 0.408 e. The molecule has 5 N–H and O–H groups in total. The summed E-state index contributed by atoms with van der Waals surface area (Å²) in [5.74, 6) is -1.58. The van der Waals surface area contributed by atoms with Crippen LogP contribution in [0.25, 0.3) is 0 Å². The van der Waals surface area contributed by atoms with Gasteiger partial charge in [-0.15, -0.1) is 0 Å². The first kappa shape index (κ1) is 36.9. The highest BCUT2D eigenvalue weighted by Gasteiger charge is 2.29. The van der Waals surface area contributed by atoms with Crippen LogP contribution in [0.1, 0.15) is 51.3 Å². The standard InChI is InChI=1S/C18H22N2O3.C16H23NO5/c1-14(22-12-15-8-4-2-5-9-15)17(19)18(21)20-23-13-16-10-6-3-7-11-16;1-11(21-10-12-8-6-5-7-9-12)13(14(18)19)17-15(20)22-16(2,3)4/h2-11,14,17H,12-13,19H2,1H3,(H,20,21);5-9,11,13H,10H2,1-4H3,(H,17,20)(H,18,19)/t14-,17+;11-,13+/m11/s1. The van der Waals surface area contributed by atoms with E-state index in [1.165, 1.54) is 0 Å². The van der Waals surface area contributed by atoms with Gasteiger partial charge in [-0.1, -0.05) is 91.0 Å². The Morgan fingerprint density at radius 1 is 0.733 bits per heavy atom. The van der Waals surface area contributed by atoms with E-state index < -0.39 is 47.9 Å². The zero-order valence-corrected chi connectivity index (χ0v) is 26.5. The molecule has 45 heavy (non-hydrogen) atoms. The third-order valence-electron chi connectivity index (χ3n) is 6.18. The van der Waals surface area contributed by atoms with E-state index in [2.05, 4.69) is 10.8 Å². The molecule has 0 aromatic heterocycles. The Morgan fingerprint density at radius 3 is 1.58 bits per heavy atom. The van der Waals surface area contributed by atoms with Crippen molar-refractivity contribution in [3.05, 3.63) is 108 Å². The van der Waals surface area contributed by atoms with Gasteiger partial charge in [-0.2, -0.15) is 0 Å². The summed E-state index contributed by atoms with van der Waals surface area (Å²) in [5, 5.41) is 11.6. The highest BCUT2D eigenvalue weighted by atomic mass is 16.7. The largest absolute Gasteiger partial charge is 0.480 e. The fourth-order valence-electron chi connectivity index (χ4n) is 3.66. The molecule has 3 aromatic carbocycles. The Bertz CT molecular complexity index is 1290. The van der Waals surface area contributed by atoms with E-state index in [0.29, 0.717) is 13.2 Å². The van der Waals surface area contributed by atoms with Crippen molar-refractivity contribution >= 4 is 18.0 Å². The van der Waals surface area contributed by atoms with Gasteiger partial charge in [0.2, 0.25) is 0 Å². The van der Waals surface area contributed by atoms with Crippen LogP contribution in [0.15, 0.2) is 91.0 Å². The predicted molar refractivity (Wildman–Crippen MR) is 170 cm³/mol. The fraction of sp³-hybridized carbons (Fsp3) is 0.382. The lowest BCUT2D eigenvalue weighted by Crippen LogP contribution is -2.50. The van der Waals surface area contributed by atoms with Crippen molar-refractivity contribution in [3.8, 4) is 0 Å². The molecule has 0 spiro atoms. The van der Waals surface area contributed by atoms with Crippen LogP contribution in [0.4, 0.5) is 4.79 Å². The van der Waals surface area contributed by atoms with Crippen molar-refractivity contribution in [1.29, 1.82) is 0 Å². The average molecular weight is 624 g/mol. The van der Waals surface area contributed by atoms with Crippen LogP contribution in [0, 0.1) is 0 Å². The second-order valence-corrected chi connectivity index (χ2v) is 11.2. The van der Waals surface area contributed by atoms with Crippen molar-refractivity contribution in [2.75, 3.05) is 0 Å². The molecule has 0 unspecified atom stereocenters. The topological polar surface area (TPSA) is 158 Å². The van der Waals surface area contributed by atoms with Crippen molar-refractivity contribution in [3.63, 3.8) is 0 Å². The summed E-state index contributed by atoms with van der Waals surface area (Å²) >= 11 is 0. The molecule has 244 valence electrons. The van der Waals surface area contributed by atoms with Gasteiger partial charge in [0, 0.05) is 0 Å². The molecular formula is C34H45N3O8. The first-order chi connectivity index (χ1) is 21.4. The number of carbonyl (C=O) groups is 3. The lowest BCUT2D eigenvalue weighted by molar-refractivity contribution is -0.144. The number of nitrogens with two attached hydrogens (primary N) is 1. The maximum atomic E-state index is 11.9. The van der Waals surface area contributed by atoms with Crippen molar-refractivity contribution < 1.29 is 38.5 Å². The van der Waals surface area contributed by atoms with Gasteiger partial charge in [0.1, 0.15) is 11.6 Å². The molecule has 0 aliphatic carbocycles. The molecule has 11 nitrogen and oxygen atoms in total. The van der Waals surface area contributed by atoms with Gasteiger partial charge >= 0.3 is 12.1 Å². The summed E-state index contributed by atoms with van der Waals surface area (Å²) in [6.45, 7) is 9.45.